The zero-order valence-electron chi connectivity index (χ0n) is 11.8. The largest absolute Gasteiger partial charge is 0.381 e. The average Bonchev–Trinajstić information content (AvgIpc) is 2.28. The molecule has 0 rings (SSSR count). The van der Waals surface area contributed by atoms with E-state index in [1.54, 1.807) is 6.08 Å². The van der Waals surface area contributed by atoms with E-state index in [0.29, 0.717) is 0 Å². The molecule has 0 aromatic carbocycles. The van der Waals surface area contributed by atoms with Crippen LogP contribution in [0.3, 0.4) is 0 Å². The van der Waals surface area contributed by atoms with Gasteiger partial charge in [-0.1, -0.05) is 58.4 Å². The Hall–Kier alpha value is -0.300. The molecule has 1 heteroatoms. The summed E-state index contributed by atoms with van der Waals surface area (Å²) in [6.45, 7) is 11.7. The molecule has 0 aromatic heterocycles. The summed E-state index contributed by atoms with van der Waals surface area (Å²) >= 11 is 0. The van der Waals surface area contributed by atoms with Gasteiger partial charge in [-0.3, -0.25) is 0 Å². The highest BCUT2D eigenvalue weighted by atomic mass is 16.5. The summed E-state index contributed by atoms with van der Waals surface area (Å²) in [6, 6.07) is 0. The molecule has 0 bridgehead atoms. The van der Waals surface area contributed by atoms with E-state index in [0.717, 1.165) is 13.2 Å². The second-order valence-electron chi connectivity index (χ2n) is 4.14. The molecule has 0 N–H and O–H groups in total. The highest BCUT2D eigenvalue weighted by Crippen LogP contribution is 2.01. The van der Waals surface area contributed by atoms with Crippen molar-refractivity contribution < 1.29 is 4.74 Å². The monoisotopic (exact) mass is 228 g/mol. The first-order valence-electron chi connectivity index (χ1n) is 6.98. The van der Waals surface area contributed by atoms with Crippen molar-refractivity contribution in [3.63, 3.8) is 0 Å². The van der Waals surface area contributed by atoms with Gasteiger partial charge >= 0.3 is 0 Å². The van der Waals surface area contributed by atoms with Crippen molar-refractivity contribution in [1.82, 2.24) is 0 Å². The van der Waals surface area contributed by atoms with E-state index in [-0.39, 0.29) is 0 Å². The molecule has 0 heterocycles. The Kier molecular flexibility index (Phi) is 22.8. The van der Waals surface area contributed by atoms with Crippen LogP contribution in [0.5, 0.6) is 0 Å². The van der Waals surface area contributed by atoms with E-state index in [1.807, 2.05) is 6.92 Å². The molecule has 0 atom stereocenters. The molecule has 0 saturated heterocycles. The van der Waals surface area contributed by atoms with E-state index in [4.69, 9.17) is 4.74 Å². The Morgan fingerprint density at radius 1 is 0.812 bits per heavy atom. The smallest absolute Gasteiger partial charge is 0.0466 e. The summed E-state index contributed by atoms with van der Waals surface area (Å²) in [7, 11) is 0. The zero-order valence-corrected chi connectivity index (χ0v) is 11.8. The summed E-state index contributed by atoms with van der Waals surface area (Å²) in [5.74, 6) is 0. The molecule has 0 fully saturated rings. The van der Waals surface area contributed by atoms with Gasteiger partial charge in [-0.15, -0.1) is 6.58 Å². The molecule has 16 heavy (non-hydrogen) atoms. The van der Waals surface area contributed by atoms with Crippen molar-refractivity contribution in [2.45, 2.75) is 72.1 Å². The second-order valence-corrected chi connectivity index (χ2v) is 4.14. The Bertz CT molecular complexity index is 100. The maximum Gasteiger partial charge on any atom is 0.0466 e. The van der Waals surface area contributed by atoms with Gasteiger partial charge in [-0.25, -0.2) is 0 Å². The third kappa shape index (κ3) is 23.5. The van der Waals surface area contributed by atoms with E-state index >= 15 is 0 Å². The van der Waals surface area contributed by atoms with Crippen LogP contribution in [0.2, 0.25) is 0 Å². The summed E-state index contributed by atoms with van der Waals surface area (Å²) in [6.07, 6.45) is 12.3. The predicted octanol–water partition coefficient (Wildman–Crippen LogP) is 5.36. The Morgan fingerprint density at radius 3 is 1.50 bits per heavy atom. The van der Waals surface area contributed by atoms with E-state index in [1.165, 1.54) is 51.4 Å². The van der Waals surface area contributed by atoms with E-state index in [9.17, 15) is 0 Å². The van der Waals surface area contributed by atoms with Crippen LogP contribution < -0.4 is 0 Å². The SMILES string of the molecule is C=CC.CCCCCCOCCCCCC. The molecular formula is C15H32O. The van der Waals surface area contributed by atoms with Crippen LogP contribution in [-0.2, 0) is 4.74 Å². The standard InChI is InChI=1S/C12H26O.C3H6/c1-3-5-7-9-11-13-12-10-8-6-4-2;1-3-2/h3-12H2,1-2H3;3H,1H2,2H3. The number of hydrogen-bond donors (Lipinski definition) is 0. The molecule has 0 spiro atoms. The number of allylic oxidation sites excluding steroid dienone is 1. The van der Waals surface area contributed by atoms with Crippen molar-refractivity contribution in [2.75, 3.05) is 13.2 Å². The minimum atomic E-state index is 0.978. The lowest BCUT2D eigenvalue weighted by atomic mass is 10.2. The van der Waals surface area contributed by atoms with Gasteiger partial charge < -0.3 is 4.74 Å². The minimum absolute atomic E-state index is 0.978. The Labute approximate surface area is 103 Å². The number of ether oxygens (including phenoxy) is 1. The fraction of sp³-hybridized carbons (Fsp3) is 0.867. The normalized spacial score (nSPS) is 9.44. The van der Waals surface area contributed by atoms with Gasteiger partial charge in [-0.05, 0) is 19.8 Å². The van der Waals surface area contributed by atoms with Gasteiger partial charge in [-0.2, -0.15) is 0 Å². The van der Waals surface area contributed by atoms with Crippen LogP contribution >= 0.6 is 0 Å². The van der Waals surface area contributed by atoms with Gasteiger partial charge in [0.15, 0.2) is 0 Å². The van der Waals surface area contributed by atoms with Gasteiger partial charge in [0.1, 0.15) is 0 Å². The molecule has 0 aromatic rings. The predicted molar refractivity (Wildman–Crippen MR) is 75.0 cm³/mol. The van der Waals surface area contributed by atoms with Gasteiger partial charge in [0.05, 0.1) is 0 Å². The molecular weight excluding hydrogens is 196 g/mol. The van der Waals surface area contributed by atoms with Crippen molar-refractivity contribution in [1.29, 1.82) is 0 Å². The van der Waals surface area contributed by atoms with E-state index < -0.39 is 0 Å². The lowest BCUT2D eigenvalue weighted by molar-refractivity contribution is 0.126. The van der Waals surface area contributed by atoms with Crippen molar-refractivity contribution >= 4 is 0 Å². The Morgan fingerprint density at radius 2 is 1.19 bits per heavy atom. The number of hydrogen-bond acceptors (Lipinski definition) is 1. The molecule has 0 saturated carbocycles. The molecule has 0 aliphatic rings. The third-order valence-corrected chi connectivity index (χ3v) is 2.28. The first kappa shape index (κ1) is 18.1. The highest BCUT2D eigenvalue weighted by Gasteiger charge is 1.90. The molecule has 0 aliphatic heterocycles. The molecule has 0 aliphatic carbocycles. The van der Waals surface area contributed by atoms with Crippen LogP contribution in [-0.4, -0.2) is 13.2 Å². The molecule has 98 valence electrons. The third-order valence-electron chi connectivity index (χ3n) is 2.28. The lowest BCUT2D eigenvalue weighted by Gasteiger charge is -2.03. The topological polar surface area (TPSA) is 9.23 Å². The fourth-order valence-electron chi connectivity index (χ4n) is 1.36. The van der Waals surface area contributed by atoms with Crippen LogP contribution in [0.25, 0.3) is 0 Å². The first-order chi connectivity index (χ1) is 7.83. The summed E-state index contributed by atoms with van der Waals surface area (Å²) in [5.41, 5.74) is 0. The van der Waals surface area contributed by atoms with Crippen molar-refractivity contribution in [2.24, 2.45) is 0 Å². The van der Waals surface area contributed by atoms with Gasteiger partial charge in [0, 0.05) is 13.2 Å². The van der Waals surface area contributed by atoms with Crippen LogP contribution in [0.4, 0.5) is 0 Å². The zero-order chi connectivity index (χ0) is 12.5. The second kappa shape index (κ2) is 20.2. The minimum Gasteiger partial charge on any atom is -0.381 e. The molecule has 0 radical (unpaired) electrons. The van der Waals surface area contributed by atoms with Crippen LogP contribution in [0, 0.1) is 0 Å². The van der Waals surface area contributed by atoms with Crippen molar-refractivity contribution in [3.8, 4) is 0 Å². The van der Waals surface area contributed by atoms with Crippen LogP contribution in [0.1, 0.15) is 72.1 Å². The summed E-state index contributed by atoms with van der Waals surface area (Å²) < 4.78 is 5.53. The average molecular weight is 228 g/mol. The van der Waals surface area contributed by atoms with E-state index in [2.05, 4.69) is 20.4 Å². The Balaban J connectivity index is 0. The lowest BCUT2D eigenvalue weighted by Crippen LogP contribution is -1.96. The number of unbranched alkanes of at least 4 members (excludes halogenated alkanes) is 6. The molecule has 0 unspecified atom stereocenters. The maximum atomic E-state index is 5.53. The van der Waals surface area contributed by atoms with Crippen molar-refractivity contribution in [3.05, 3.63) is 12.7 Å². The molecule has 1 nitrogen and oxygen atoms in total. The quantitative estimate of drug-likeness (QED) is 0.361. The van der Waals surface area contributed by atoms with Crippen LogP contribution in [0.15, 0.2) is 12.7 Å². The van der Waals surface area contributed by atoms with Gasteiger partial charge in [0.2, 0.25) is 0 Å². The summed E-state index contributed by atoms with van der Waals surface area (Å²) in [5, 5.41) is 0. The van der Waals surface area contributed by atoms with Gasteiger partial charge in [0.25, 0.3) is 0 Å². The highest BCUT2D eigenvalue weighted by molar-refractivity contribution is 4.51. The first-order valence-corrected chi connectivity index (χ1v) is 6.98. The summed E-state index contributed by atoms with van der Waals surface area (Å²) in [4.78, 5) is 0. The number of rotatable bonds is 10. The molecule has 0 amide bonds. The fourth-order valence-corrected chi connectivity index (χ4v) is 1.36. The maximum absolute atomic E-state index is 5.53.